The van der Waals surface area contributed by atoms with E-state index in [2.05, 4.69) is 6.92 Å². The van der Waals surface area contributed by atoms with Crippen molar-refractivity contribution in [2.24, 2.45) is 5.92 Å². The molecule has 1 heterocycles. The third-order valence-corrected chi connectivity index (χ3v) is 2.35. The first-order chi connectivity index (χ1) is 4.20. The molecular formula is C5H10NO2S-. The fraction of sp³-hybridized carbons (Fsp3) is 1.00. The average molecular weight is 148 g/mol. The van der Waals surface area contributed by atoms with E-state index in [1.165, 1.54) is 4.31 Å². The smallest absolute Gasteiger partial charge is 0.0209 e. The fourth-order valence-electron chi connectivity index (χ4n) is 1.03. The second-order valence-electron chi connectivity index (χ2n) is 2.50. The van der Waals surface area contributed by atoms with Crippen LogP contribution in [0.1, 0.15) is 13.3 Å². The second-order valence-corrected chi connectivity index (χ2v) is 3.45. The van der Waals surface area contributed by atoms with Gasteiger partial charge in [-0.1, -0.05) is 6.92 Å². The standard InChI is InChI=1S/C5H11NO2S/c1-5-2-3-6(4-5)9(7)8/h5H,2-4H2,1H3,(H,7,8)/p-1/t5-/m0/s1. The molecule has 1 saturated heterocycles. The summed E-state index contributed by atoms with van der Waals surface area (Å²) in [5.74, 6) is 0.544. The van der Waals surface area contributed by atoms with E-state index < -0.39 is 11.3 Å². The van der Waals surface area contributed by atoms with Gasteiger partial charge < -0.3 is 4.55 Å². The third-order valence-electron chi connectivity index (χ3n) is 1.60. The van der Waals surface area contributed by atoms with Crippen molar-refractivity contribution in [3.63, 3.8) is 0 Å². The molecule has 0 aliphatic carbocycles. The third kappa shape index (κ3) is 1.74. The highest BCUT2D eigenvalue weighted by Gasteiger charge is 2.18. The van der Waals surface area contributed by atoms with Gasteiger partial charge in [0.25, 0.3) is 0 Å². The zero-order valence-electron chi connectivity index (χ0n) is 5.37. The van der Waals surface area contributed by atoms with E-state index in [1.807, 2.05) is 0 Å². The molecule has 0 aromatic rings. The number of rotatable bonds is 1. The lowest BCUT2D eigenvalue weighted by Gasteiger charge is -2.16. The Labute approximate surface area is 57.5 Å². The number of hydrogen-bond acceptors (Lipinski definition) is 2. The van der Waals surface area contributed by atoms with Crippen LogP contribution in [0.25, 0.3) is 0 Å². The van der Waals surface area contributed by atoms with Crippen molar-refractivity contribution in [3.8, 4) is 0 Å². The van der Waals surface area contributed by atoms with E-state index in [9.17, 15) is 8.76 Å². The lowest BCUT2D eigenvalue weighted by molar-refractivity contribution is 0.430. The maximum Gasteiger partial charge on any atom is 0.0209 e. The Morgan fingerprint density at radius 3 is 2.67 bits per heavy atom. The molecule has 1 unspecified atom stereocenters. The normalized spacial score (nSPS) is 32.9. The maximum atomic E-state index is 10.3. The van der Waals surface area contributed by atoms with Crippen molar-refractivity contribution in [2.75, 3.05) is 13.1 Å². The zero-order chi connectivity index (χ0) is 6.85. The van der Waals surface area contributed by atoms with Crippen molar-refractivity contribution in [2.45, 2.75) is 13.3 Å². The highest BCUT2D eigenvalue weighted by Crippen LogP contribution is 2.15. The molecule has 3 nitrogen and oxygen atoms in total. The molecule has 54 valence electrons. The summed E-state index contributed by atoms with van der Waals surface area (Å²) in [7, 11) is 0. The Bertz CT molecular complexity index is 128. The van der Waals surface area contributed by atoms with E-state index in [0.29, 0.717) is 19.0 Å². The van der Waals surface area contributed by atoms with Gasteiger partial charge in [-0.2, -0.15) is 0 Å². The Hall–Kier alpha value is 0.0700. The summed E-state index contributed by atoms with van der Waals surface area (Å²) in [6, 6.07) is 0. The summed E-state index contributed by atoms with van der Waals surface area (Å²) in [6.07, 6.45) is 1.01. The fourth-order valence-corrected chi connectivity index (χ4v) is 1.66. The Balaban J connectivity index is 2.39. The topological polar surface area (TPSA) is 43.4 Å². The van der Waals surface area contributed by atoms with Crippen LogP contribution >= 0.6 is 0 Å². The van der Waals surface area contributed by atoms with E-state index in [0.717, 1.165) is 6.42 Å². The van der Waals surface area contributed by atoms with Gasteiger partial charge in [-0.15, -0.1) is 0 Å². The molecule has 1 rings (SSSR count). The summed E-state index contributed by atoms with van der Waals surface area (Å²) in [6.45, 7) is 3.47. The molecule has 0 spiro atoms. The average Bonchev–Trinajstić information content (AvgIpc) is 2.14. The minimum atomic E-state index is -1.98. The van der Waals surface area contributed by atoms with Crippen molar-refractivity contribution < 1.29 is 8.76 Å². The summed E-state index contributed by atoms with van der Waals surface area (Å²) in [5, 5.41) is 0. The van der Waals surface area contributed by atoms with Crippen LogP contribution in [0.2, 0.25) is 0 Å². The molecule has 0 bridgehead atoms. The molecule has 2 atom stereocenters. The van der Waals surface area contributed by atoms with Crippen LogP contribution in [0.3, 0.4) is 0 Å². The lowest BCUT2D eigenvalue weighted by Crippen LogP contribution is -2.22. The van der Waals surface area contributed by atoms with Gasteiger partial charge in [0.2, 0.25) is 0 Å². The molecule has 1 aliphatic rings. The molecule has 0 aromatic carbocycles. The van der Waals surface area contributed by atoms with Gasteiger partial charge in [0, 0.05) is 24.4 Å². The SMILES string of the molecule is C[C@H]1CCN(S(=O)[O-])C1. The first kappa shape index (κ1) is 7.18. The number of nitrogens with zero attached hydrogens (tertiary/aromatic N) is 1. The quantitative estimate of drug-likeness (QED) is 0.496. The predicted molar refractivity (Wildman–Crippen MR) is 34.3 cm³/mol. The Morgan fingerprint density at radius 2 is 2.44 bits per heavy atom. The molecule has 0 radical (unpaired) electrons. The summed E-state index contributed by atoms with van der Waals surface area (Å²) < 4.78 is 22.0. The zero-order valence-corrected chi connectivity index (χ0v) is 6.19. The maximum absolute atomic E-state index is 10.3. The molecule has 1 aliphatic heterocycles. The van der Waals surface area contributed by atoms with Gasteiger partial charge >= 0.3 is 0 Å². The summed E-state index contributed by atoms with van der Waals surface area (Å²) in [5.41, 5.74) is 0. The summed E-state index contributed by atoms with van der Waals surface area (Å²) >= 11 is -1.98. The van der Waals surface area contributed by atoms with Crippen LogP contribution in [0.4, 0.5) is 0 Å². The molecule has 1 fully saturated rings. The number of hydrogen-bond donors (Lipinski definition) is 0. The van der Waals surface area contributed by atoms with Crippen molar-refractivity contribution in [1.29, 1.82) is 0 Å². The predicted octanol–water partition coefficient (Wildman–Crippen LogP) is 0.122. The first-order valence-corrected chi connectivity index (χ1v) is 4.07. The second kappa shape index (κ2) is 2.77. The Kier molecular flexibility index (Phi) is 2.21. The van der Waals surface area contributed by atoms with Gasteiger partial charge in [0.05, 0.1) is 0 Å². The molecule has 4 heteroatoms. The molecule has 0 amide bonds. The van der Waals surface area contributed by atoms with Gasteiger partial charge in [0.15, 0.2) is 0 Å². The minimum absolute atomic E-state index is 0.544. The van der Waals surface area contributed by atoms with E-state index in [4.69, 9.17) is 0 Å². The first-order valence-electron chi connectivity index (χ1n) is 3.04. The summed E-state index contributed by atoms with van der Waals surface area (Å²) in [4.78, 5) is 0. The van der Waals surface area contributed by atoms with Crippen molar-refractivity contribution >= 4 is 11.3 Å². The largest absolute Gasteiger partial charge is 0.760 e. The lowest BCUT2D eigenvalue weighted by atomic mass is 10.2. The van der Waals surface area contributed by atoms with E-state index in [-0.39, 0.29) is 0 Å². The van der Waals surface area contributed by atoms with Crippen LogP contribution in [-0.2, 0) is 11.3 Å². The molecular weight excluding hydrogens is 138 g/mol. The van der Waals surface area contributed by atoms with Gasteiger partial charge in [0.1, 0.15) is 0 Å². The van der Waals surface area contributed by atoms with Crippen LogP contribution in [0, 0.1) is 5.92 Å². The van der Waals surface area contributed by atoms with E-state index >= 15 is 0 Å². The Morgan fingerprint density at radius 1 is 1.78 bits per heavy atom. The van der Waals surface area contributed by atoms with Gasteiger partial charge in [-0.3, -0.25) is 4.21 Å². The molecule has 0 saturated carbocycles. The van der Waals surface area contributed by atoms with Crippen LogP contribution in [0.15, 0.2) is 0 Å². The monoisotopic (exact) mass is 148 g/mol. The van der Waals surface area contributed by atoms with Crippen LogP contribution in [-0.4, -0.2) is 26.2 Å². The van der Waals surface area contributed by atoms with Crippen LogP contribution < -0.4 is 0 Å². The highest BCUT2D eigenvalue weighted by atomic mass is 32.2. The van der Waals surface area contributed by atoms with Gasteiger partial charge in [-0.05, 0) is 12.3 Å². The van der Waals surface area contributed by atoms with Crippen molar-refractivity contribution in [1.82, 2.24) is 4.31 Å². The van der Waals surface area contributed by atoms with Gasteiger partial charge in [-0.25, -0.2) is 4.31 Å². The van der Waals surface area contributed by atoms with Crippen LogP contribution in [0.5, 0.6) is 0 Å². The molecule has 9 heavy (non-hydrogen) atoms. The molecule has 0 aromatic heterocycles. The highest BCUT2D eigenvalue weighted by molar-refractivity contribution is 7.76. The molecule has 0 N–H and O–H groups in total. The van der Waals surface area contributed by atoms with Crippen molar-refractivity contribution in [3.05, 3.63) is 0 Å². The minimum Gasteiger partial charge on any atom is -0.760 e. The van der Waals surface area contributed by atoms with E-state index in [1.54, 1.807) is 0 Å².